The van der Waals surface area contributed by atoms with Crippen molar-refractivity contribution in [3.05, 3.63) is 101 Å². The minimum Gasteiger partial charge on any atom is -0.343 e. The van der Waals surface area contributed by atoms with E-state index in [1.807, 2.05) is 48.5 Å². The molecule has 0 saturated carbocycles. The lowest BCUT2D eigenvalue weighted by Crippen LogP contribution is -2.47. The van der Waals surface area contributed by atoms with Crippen molar-refractivity contribution in [2.24, 2.45) is 0 Å². The Morgan fingerprint density at radius 2 is 1.63 bits per heavy atom. The van der Waals surface area contributed by atoms with Crippen molar-refractivity contribution >= 4 is 23.4 Å². The van der Waals surface area contributed by atoms with Crippen LogP contribution in [0.2, 0.25) is 0 Å². The summed E-state index contributed by atoms with van der Waals surface area (Å²) in [6.07, 6.45) is -0.350. The van der Waals surface area contributed by atoms with Crippen LogP contribution < -0.4 is 10.6 Å². The highest BCUT2D eigenvalue weighted by Gasteiger charge is 2.41. The minimum atomic E-state index is -1.30. The number of amides is 3. The summed E-state index contributed by atoms with van der Waals surface area (Å²) in [5.41, 5.74) is 4.87. The summed E-state index contributed by atoms with van der Waals surface area (Å²) in [5, 5.41) is 5.90. The van der Waals surface area contributed by atoms with E-state index in [9.17, 15) is 18.8 Å². The maximum Gasteiger partial charge on any atom is 0.254 e. The van der Waals surface area contributed by atoms with Gasteiger partial charge in [-0.25, -0.2) is 4.39 Å². The van der Waals surface area contributed by atoms with E-state index in [1.165, 1.54) is 10.5 Å². The fourth-order valence-electron chi connectivity index (χ4n) is 5.24. The molecular formula is C31H32FN3O3. The molecule has 2 aliphatic heterocycles. The molecule has 5 rings (SSSR count). The molecule has 2 N–H and O–H groups in total. The number of aryl methyl sites for hydroxylation is 1. The topological polar surface area (TPSA) is 78.5 Å². The molecule has 1 saturated heterocycles. The molecule has 1 fully saturated rings. The van der Waals surface area contributed by atoms with E-state index < -0.39 is 30.1 Å². The number of rotatable bonds is 6. The van der Waals surface area contributed by atoms with Crippen molar-refractivity contribution in [3.63, 3.8) is 0 Å². The van der Waals surface area contributed by atoms with Crippen LogP contribution >= 0.6 is 0 Å². The second kappa shape index (κ2) is 10.8. The molecule has 2 heterocycles. The lowest BCUT2D eigenvalue weighted by Gasteiger charge is -2.27. The largest absolute Gasteiger partial charge is 0.343 e. The van der Waals surface area contributed by atoms with Gasteiger partial charge in [-0.1, -0.05) is 74.5 Å². The zero-order valence-electron chi connectivity index (χ0n) is 21.6. The first-order valence-electron chi connectivity index (χ1n) is 13.1. The van der Waals surface area contributed by atoms with Crippen molar-refractivity contribution in [1.82, 2.24) is 10.2 Å². The third kappa shape index (κ3) is 5.32. The molecule has 0 aromatic heterocycles. The quantitative estimate of drug-likeness (QED) is 0.478. The molecule has 0 radical (unpaired) electrons. The first kappa shape index (κ1) is 25.6. The zero-order valence-corrected chi connectivity index (χ0v) is 21.6. The van der Waals surface area contributed by atoms with E-state index in [2.05, 4.69) is 36.6 Å². The van der Waals surface area contributed by atoms with Crippen LogP contribution in [0.25, 0.3) is 0 Å². The molecule has 196 valence electrons. The van der Waals surface area contributed by atoms with Gasteiger partial charge in [-0.3, -0.25) is 14.4 Å². The monoisotopic (exact) mass is 513 g/mol. The van der Waals surface area contributed by atoms with Crippen molar-refractivity contribution < 1.29 is 18.8 Å². The third-order valence-corrected chi connectivity index (χ3v) is 7.42. The number of likely N-dealkylation sites (tertiary alicyclic amines) is 1. The third-order valence-electron chi connectivity index (χ3n) is 7.42. The van der Waals surface area contributed by atoms with Gasteiger partial charge < -0.3 is 15.5 Å². The van der Waals surface area contributed by atoms with Gasteiger partial charge in [0.15, 0.2) is 0 Å². The molecule has 2 aliphatic rings. The average molecular weight is 514 g/mol. The molecule has 3 aromatic carbocycles. The Morgan fingerprint density at radius 1 is 0.947 bits per heavy atom. The molecule has 0 unspecified atom stereocenters. The molecule has 7 heteroatoms. The SMILES string of the molecule is CC(C)c1ccc([C@@H](NC(=O)[C@@H]2C[C@@H](F)CN2C(=O)c2ccc3c(c2)NC(=O)CC3)c2ccccc2)cc1. The van der Waals surface area contributed by atoms with Crippen LogP contribution in [0, 0.1) is 0 Å². The number of nitrogens with zero attached hydrogens (tertiary/aromatic N) is 1. The molecule has 6 nitrogen and oxygen atoms in total. The number of carbonyl (C=O) groups excluding carboxylic acids is 3. The Kier molecular flexibility index (Phi) is 7.27. The summed E-state index contributed by atoms with van der Waals surface area (Å²) < 4.78 is 14.7. The second-order valence-electron chi connectivity index (χ2n) is 10.4. The lowest BCUT2D eigenvalue weighted by molar-refractivity contribution is -0.125. The van der Waals surface area contributed by atoms with E-state index >= 15 is 0 Å². The summed E-state index contributed by atoms with van der Waals surface area (Å²) in [6, 6.07) is 21.5. The average Bonchev–Trinajstić information content (AvgIpc) is 3.33. The second-order valence-corrected chi connectivity index (χ2v) is 10.4. The van der Waals surface area contributed by atoms with Crippen LogP contribution in [0.15, 0.2) is 72.8 Å². The summed E-state index contributed by atoms with van der Waals surface area (Å²) in [5.74, 6) is -0.542. The molecule has 3 aromatic rings. The molecular weight excluding hydrogens is 481 g/mol. The first-order chi connectivity index (χ1) is 18.3. The highest BCUT2D eigenvalue weighted by Crippen LogP contribution is 2.29. The van der Waals surface area contributed by atoms with Crippen LogP contribution in [0.5, 0.6) is 0 Å². The van der Waals surface area contributed by atoms with E-state index in [0.29, 0.717) is 30.0 Å². The number of carbonyl (C=O) groups is 3. The van der Waals surface area contributed by atoms with Gasteiger partial charge in [0, 0.05) is 24.1 Å². The number of alkyl halides is 1. The predicted octanol–water partition coefficient (Wildman–Crippen LogP) is 5.15. The van der Waals surface area contributed by atoms with E-state index in [-0.39, 0.29) is 18.9 Å². The van der Waals surface area contributed by atoms with E-state index in [4.69, 9.17) is 0 Å². The number of anilines is 1. The number of hydrogen-bond acceptors (Lipinski definition) is 3. The summed E-state index contributed by atoms with van der Waals surface area (Å²) >= 11 is 0. The standard InChI is InChI=1S/C31H32FN3O3/c1-19(2)20-8-11-23(12-9-20)29(22-6-4-3-5-7-22)34-30(37)27-17-25(32)18-35(27)31(38)24-13-10-21-14-15-28(36)33-26(21)16-24/h3-13,16,19,25,27,29H,14-15,17-18H2,1-2H3,(H,33,36)(H,34,37)/t25-,27+,29+/m1/s1. The smallest absolute Gasteiger partial charge is 0.254 e. The van der Waals surface area contributed by atoms with Crippen molar-refractivity contribution in [2.45, 2.75) is 57.3 Å². The predicted molar refractivity (Wildman–Crippen MR) is 145 cm³/mol. The molecule has 38 heavy (non-hydrogen) atoms. The number of fused-ring (bicyclic) bond motifs is 1. The molecule has 3 amide bonds. The fraction of sp³-hybridized carbons (Fsp3) is 0.323. The van der Waals surface area contributed by atoms with Gasteiger partial charge in [-0.15, -0.1) is 0 Å². The van der Waals surface area contributed by atoms with E-state index in [1.54, 1.807) is 12.1 Å². The number of nitrogens with one attached hydrogen (secondary N) is 2. The Morgan fingerprint density at radius 3 is 2.34 bits per heavy atom. The molecule has 0 aliphatic carbocycles. The van der Waals surface area contributed by atoms with Crippen molar-refractivity contribution in [3.8, 4) is 0 Å². The molecule has 3 atom stereocenters. The highest BCUT2D eigenvalue weighted by atomic mass is 19.1. The molecule has 0 bridgehead atoms. The Labute approximate surface area is 222 Å². The normalized spacial score (nSPS) is 19.6. The maximum absolute atomic E-state index is 14.7. The first-order valence-corrected chi connectivity index (χ1v) is 13.1. The number of benzene rings is 3. The Balaban J connectivity index is 1.39. The zero-order chi connectivity index (χ0) is 26.8. The maximum atomic E-state index is 14.7. The van der Waals surface area contributed by atoms with Gasteiger partial charge >= 0.3 is 0 Å². The lowest BCUT2D eigenvalue weighted by atomic mass is 9.95. The summed E-state index contributed by atoms with van der Waals surface area (Å²) in [7, 11) is 0. The van der Waals surface area contributed by atoms with Crippen LogP contribution in [0.1, 0.15) is 71.3 Å². The summed E-state index contributed by atoms with van der Waals surface area (Å²) in [4.78, 5) is 40.2. The number of halogens is 1. The van der Waals surface area contributed by atoms with Crippen molar-refractivity contribution in [1.29, 1.82) is 0 Å². The molecule has 0 spiro atoms. The van der Waals surface area contributed by atoms with E-state index in [0.717, 1.165) is 16.7 Å². The Bertz CT molecular complexity index is 1340. The van der Waals surface area contributed by atoms with Gasteiger partial charge in [0.05, 0.1) is 12.6 Å². The van der Waals surface area contributed by atoms with Gasteiger partial charge in [0.2, 0.25) is 11.8 Å². The fourth-order valence-corrected chi connectivity index (χ4v) is 5.24. The van der Waals surface area contributed by atoms with Gasteiger partial charge in [0.1, 0.15) is 12.2 Å². The Hall–Kier alpha value is -4.00. The number of hydrogen-bond donors (Lipinski definition) is 2. The van der Waals surface area contributed by atoms with Gasteiger partial charge in [-0.2, -0.15) is 0 Å². The van der Waals surface area contributed by atoms with Crippen molar-refractivity contribution in [2.75, 3.05) is 11.9 Å². The summed E-state index contributed by atoms with van der Waals surface area (Å²) in [6.45, 7) is 4.10. The van der Waals surface area contributed by atoms with Crippen LogP contribution in [-0.2, 0) is 16.0 Å². The van der Waals surface area contributed by atoms with Gasteiger partial charge in [0.25, 0.3) is 5.91 Å². The highest BCUT2D eigenvalue weighted by molar-refractivity contribution is 6.01. The minimum absolute atomic E-state index is 0.0625. The van der Waals surface area contributed by atoms with Crippen LogP contribution in [-0.4, -0.2) is 41.4 Å². The van der Waals surface area contributed by atoms with Gasteiger partial charge in [-0.05, 0) is 46.7 Å². The van der Waals surface area contributed by atoms with Crippen LogP contribution in [0.3, 0.4) is 0 Å². The van der Waals surface area contributed by atoms with Crippen LogP contribution in [0.4, 0.5) is 10.1 Å².